The zero-order chi connectivity index (χ0) is 18.7. The van der Waals surface area contributed by atoms with E-state index in [0.717, 1.165) is 0 Å². The Kier molecular flexibility index (Phi) is 10.3. The van der Waals surface area contributed by atoms with Gasteiger partial charge in [-0.3, -0.25) is 20.0 Å². The second kappa shape index (κ2) is 11.4. The minimum Gasteiger partial charge on any atom is -0.391 e. The summed E-state index contributed by atoms with van der Waals surface area (Å²) in [4.78, 5) is 42.7. The Bertz CT molecular complexity index is 434. The Labute approximate surface area is 135 Å². The molecule has 0 bridgehead atoms. The van der Waals surface area contributed by atoms with E-state index in [1.54, 1.807) is 0 Å². The Hall–Kier alpha value is -2.18. The highest BCUT2D eigenvalue weighted by Gasteiger charge is 2.33. The predicted molar refractivity (Wildman–Crippen MR) is 70.2 cm³/mol. The van der Waals surface area contributed by atoms with Crippen molar-refractivity contribution in [2.45, 2.75) is 25.0 Å². The molecular formula is C10H16N2O11P+. The monoisotopic (exact) mass is 371 g/mol. The fourth-order valence-electron chi connectivity index (χ4n) is 1.29. The molecule has 4 N–H and O–H groups in total. The molecule has 2 atom stereocenters. The van der Waals surface area contributed by atoms with Gasteiger partial charge in [-0.15, -0.1) is 0 Å². The first-order chi connectivity index (χ1) is 11.2. The maximum atomic E-state index is 11.3. The first kappa shape index (κ1) is 21.8. The lowest BCUT2D eigenvalue weighted by Gasteiger charge is -2.12. The minimum absolute atomic E-state index is 0.0136. The number of nitrogens with zero attached hydrogens (tertiary/aromatic N) is 2. The summed E-state index contributed by atoms with van der Waals surface area (Å²) < 4.78 is 19.6. The van der Waals surface area contributed by atoms with E-state index < -0.39 is 58.3 Å². The van der Waals surface area contributed by atoms with Crippen LogP contribution in [0, 0.1) is 0 Å². The van der Waals surface area contributed by atoms with Crippen molar-refractivity contribution in [3.8, 4) is 0 Å². The molecule has 2 amide bonds. The van der Waals surface area contributed by atoms with E-state index in [2.05, 4.69) is 9.05 Å². The van der Waals surface area contributed by atoms with Crippen molar-refractivity contribution in [2.75, 3.05) is 13.1 Å². The zero-order valence-corrected chi connectivity index (χ0v) is 13.0. The van der Waals surface area contributed by atoms with Crippen LogP contribution in [0.2, 0.25) is 0 Å². The Balaban J connectivity index is 4.14. The molecule has 13 nitrogen and oxygen atoms in total. The number of hydroxylamine groups is 4. The molecule has 0 aromatic rings. The van der Waals surface area contributed by atoms with Crippen LogP contribution in [0.5, 0.6) is 0 Å². The molecule has 0 aromatic carbocycles. The first-order valence-corrected chi connectivity index (χ1v) is 7.34. The largest absolute Gasteiger partial charge is 0.811 e. The number of rotatable bonds is 12. The average molecular weight is 371 g/mol. The van der Waals surface area contributed by atoms with Crippen molar-refractivity contribution in [3.63, 3.8) is 0 Å². The van der Waals surface area contributed by atoms with Crippen LogP contribution in [0.3, 0.4) is 0 Å². The highest BCUT2D eigenvalue weighted by atomic mass is 31.1. The van der Waals surface area contributed by atoms with Crippen molar-refractivity contribution in [1.82, 2.24) is 10.1 Å². The number of carbonyl (C=O) groups is 4. The van der Waals surface area contributed by atoms with Crippen molar-refractivity contribution in [1.29, 1.82) is 0 Å². The third-order valence-electron chi connectivity index (χ3n) is 2.20. The minimum atomic E-state index is -3.23. The van der Waals surface area contributed by atoms with E-state index in [4.69, 9.17) is 10.4 Å². The summed E-state index contributed by atoms with van der Waals surface area (Å²) >= 11 is 0. The van der Waals surface area contributed by atoms with Gasteiger partial charge in [0.25, 0.3) is 0 Å². The molecule has 0 saturated carbocycles. The lowest BCUT2D eigenvalue weighted by atomic mass is 10.2. The topological polar surface area (TPSA) is 191 Å². The lowest BCUT2D eigenvalue weighted by molar-refractivity contribution is -0.158. The summed E-state index contributed by atoms with van der Waals surface area (Å²) in [7, 11) is -3.23. The van der Waals surface area contributed by atoms with Crippen molar-refractivity contribution in [2.24, 2.45) is 0 Å². The summed E-state index contributed by atoms with van der Waals surface area (Å²) in [5.41, 5.74) is 0. The molecule has 0 saturated heterocycles. The molecule has 0 aliphatic carbocycles. The fourth-order valence-corrected chi connectivity index (χ4v) is 1.81. The van der Waals surface area contributed by atoms with Crippen molar-refractivity contribution in [3.05, 3.63) is 0 Å². The smallest absolute Gasteiger partial charge is 0.391 e. The quantitative estimate of drug-likeness (QED) is 0.127. The molecule has 0 heterocycles. The average Bonchev–Trinajstić information content (AvgIpc) is 2.45. The van der Waals surface area contributed by atoms with E-state index in [1.807, 2.05) is 0 Å². The molecule has 0 aliphatic rings. The summed E-state index contributed by atoms with van der Waals surface area (Å²) in [5, 5.41) is 36.3. The Morgan fingerprint density at radius 3 is 1.54 bits per heavy atom. The van der Waals surface area contributed by atoms with Gasteiger partial charge in [0, 0.05) is 4.57 Å². The summed E-state index contributed by atoms with van der Waals surface area (Å²) in [5.74, 6) is -2.47. The number of hydrogen-bond acceptors (Lipinski definition) is 11. The van der Waals surface area contributed by atoms with Gasteiger partial charge in [-0.2, -0.15) is 9.05 Å². The second-order valence-electron chi connectivity index (χ2n) is 4.32. The van der Waals surface area contributed by atoms with Gasteiger partial charge >= 0.3 is 20.2 Å². The molecule has 0 radical (unpaired) electrons. The maximum Gasteiger partial charge on any atom is 0.811 e. The molecule has 0 fully saturated rings. The van der Waals surface area contributed by atoms with Crippen LogP contribution in [0.4, 0.5) is 0 Å². The van der Waals surface area contributed by atoms with Gasteiger partial charge in [-0.25, -0.2) is 19.7 Å². The SMILES string of the molecule is O=CN(O)CC(O)CC(=O)O[P+](=O)OC(=O)CC(O)CN(O)C=O. The van der Waals surface area contributed by atoms with Gasteiger partial charge < -0.3 is 10.2 Å². The molecular weight excluding hydrogens is 355 g/mol. The van der Waals surface area contributed by atoms with Crippen LogP contribution in [-0.4, -0.2) is 80.8 Å². The van der Waals surface area contributed by atoms with Gasteiger partial charge in [0.1, 0.15) is 0 Å². The van der Waals surface area contributed by atoms with E-state index in [-0.39, 0.29) is 22.9 Å². The summed E-state index contributed by atoms with van der Waals surface area (Å²) in [6, 6.07) is 0. The van der Waals surface area contributed by atoms with Crippen molar-refractivity contribution >= 4 is 33.0 Å². The van der Waals surface area contributed by atoms with E-state index in [9.17, 15) is 34.0 Å². The highest BCUT2D eigenvalue weighted by Crippen LogP contribution is 2.25. The standard InChI is InChI=1S/C10H16N2O11P/c13-5-11(19)3-7(15)1-9(17)22-24(21)23-10(18)2-8(16)4-12(20)6-14/h5-8,15-16,19-20H,1-4H2/q+1. The predicted octanol–water partition coefficient (Wildman–Crippen LogP) is -2.07. The Morgan fingerprint density at radius 2 is 1.25 bits per heavy atom. The third kappa shape index (κ3) is 10.5. The van der Waals surface area contributed by atoms with Gasteiger partial charge in [-0.05, 0) is 0 Å². The maximum absolute atomic E-state index is 11.3. The number of hydrogen-bond donors (Lipinski definition) is 4. The summed E-state index contributed by atoms with van der Waals surface area (Å²) in [6.45, 7) is -1.20. The van der Waals surface area contributed by atoms with Crippen LogP contribution < -0.4 is 0 Å². The van der Waals surface area contributed by atoms with Gasteiger partial charge in [0.2, 0.25) is 12.8 Å². The normalized spacial score (nSPS) is 13.2. The third-order valence-corrected chi connectivity index (χ3v) is 2.90. The van der Waals surface area contributed by atoms with Crippen LogP contribution in [0.25, 0.3) is 0 Å². The van der Waals surface area contributed by atoms with Gasteiger partial charge in [0.05, 0.1) is 38.1 Å². The number of aliphatic hydroxyl groups is 2. The molecule has 136 valence electrons. The van der Waals surface area contributed by atoms with Crippen LogP contribution in [0.15, 0.2) is 0 Å². The molecule has 0 rings (SSSR count). The number of aliphatic hydroxyl groups excluding tert-OH is 2. The molecule has 2 unspecified atom stereocenters. The van der Waals surface area contributed by atoms with Crippen LogP contribution >= 0.6 is 8.25 Å². The van der Waals surface area contributed by atoms with E-state index in [0.29, 0.717) is 0 Å². The second-order valence-corrected chi connectivity index (χ2v) is 5.13. The van der Waals surface area contributed by atoms with Gasteiger partial charge in [-0.1, -0.05) is 0 Å². The fraction of sp³-hybridized carbons (Fsp3) is 0.600. The van der Waals surface area contributed by atoms with Crippen molar-refractivity contribution < 1.29 is 53.4 Å². The first-order valence-electron chi connectivity index (χ1n) is 6.24. The Morgan fingerprint density at radius 1 is 0.917 bits per heavy atom. The molecule has 0 aliphatic heterocycles. The van der Waals surface area contributed by atoms with E-state index >= 15 is 0 Å². The van der Waals surface area contributed by atoms with Crippen LogP contribution in [-0.2, 0) is 32.8 Å². The highest BCUT2D eigenvalue weighted by molar-refractivity contribution is 7.34. The van der Waals surface area contributed by atoms with E-state index in [1.165, 1.54) is 0 Å². The molecule has 14 heteroatoms. The summed E-state index contributed by atoms with van der Waals surface area (Å²) in [6.07, 6.45) is -4.53. The lowest BCUT2D eigenvalue weighted by Crippen LogP contribution is -2.30. The molecule has 24 heavy (non-hydrogen) atoms. The number of carbonyl (C=O) groups excluding carboxylic acids is 4. The molecule has 0 aromatic heterocycles. The number of amides is 2. The molecule has 0 spiro atoms. The zero-order valence-electron chi connectivity index (χ0n) is 12.1. The van der Waals surface area contributed by atoms with Gasteiger partial charge in [0.15, 0.2) is 0 Å². The van der Waals surface area contributed by atoms with Crippen LogP contribution in [0.1, 0.15) is 12.8 Å².